The van der Waals surface area contributed by atoms with Gasteiger partial charge in [-0.1, -0.05) is 0 Å². The second-order valence-electron chi connectivity index (χ2n) is 3.32. The lowest BCUT2D eigenvalue weighted by atomic mass is 10.4. The van der Waals surface area contributed by atoms with Crippen LogP contribution in [0.5, 0.6) is 5.88 Å². The number of hydrogen-bond donors (Lipinski definition) is 0. The molecule has 4 nitrogen and oxygen atoms in total. The summed E-state index contributed by atoms with van der Waals surface area (Å²) in [6, 6.07) is 0. The largest absolute Gasteiger partial charge is 0.469 e. The summed E-state index contributed by atoms with van der Waals surface area (Å²) in [5.41, 5.74) is 1.72. The number of nitrogens with zero attached hydrogens (tertiary/aromatic N) is 1. The Balaban J connectivity index is 1.83. The van der Waals surface area contributed by atoms with E-state index in [1.54, 1.807) is 11.8 Å². The lowest BCUT2D eigenvalue weighted by molar-refractivity contribution is -0.119. The molecule has 0 spiro atoms. The van der Waals surface area contributed by atoms with Crippen LogP contribution in [-0.2, 0) is 9.47 Å². The molecule has 5 heteroatoms. The van der Waals surface area contributed by atoms with Crippen LogP contribution >= 0.6 is 11.3 Å². The first-order chi connectivity index (χ1) is 6.66. The van der Waals surface area contributed by atoms with Crippen LogP contribution in [0.4, 0.5) is 0 Å². The van der Waals surface area contributed by atoms with E-state index < -0.39 is 5.79 Å². The Kier molecular flexibility index (Phi) is 2.33. The van der Waals surface area contributed by atoms with Crippen LogP contribution < -0.4 is 4.74 Å². The van der Waals surface area contributed by atoms with Crippen molar-refractivity contribution >= 4 is 11.3 Å². The Hall–Kier alpha value is -1.23. The number of ether oxygens (including phenoxy) is 3. The molecule has 2 heterocycles. The molecule has 0 saturated heterocycles. The van der Waals surface area contributed by atoms with Crippen LogP contribution in [0.1, 0.15) is 13.8 Å². The molecule has 0 atom stereocenters. The summed E-state index contributed by atoms with van der Waals surface area (Å²) >= 11 is 1.49. The van der Waals surface area contributed by atoms with Gasteiger partial charge in [0.05, 0.1) is 10.9 Å². The molecule has 1 aromatic rings. The third-order valence-electron chi connectivity index (χ3n) is 1.62. The maximum atomic E-state index is 5.44. The minimum atomic E-state index is -0.569. The van der Waals surface area contributed by atoms with E-state index in [0.717, 1.165) is 0 Å². The second kappa shape index (κ2) is 3.49. The molecule has 2 rings (SSSR count). The van der Waals surface area contributed by atoms with Gasteiger partial charge in [-0.05, 0) is 0 Å². The molecule has 0 amide bonds. The van der Waals surface area contributed by atoms with Gasteiger partial charge in [-0.15, -0.1) is 11.3 Å². The quantitative estimate of drug-likeness (QED) is 0.771. The third-order valence-corrected chi connectivity index (χ3v) is 2.19. The molecule has 0 unspecified atom stereocenters. The number of hydrogen-bond acceptors (Lipinski definition) is 5. The Bertz CT molecular complexity index is 332. The first-order valence-electron chi connectivity index (χ1n) is 4.22. The van der Waals surface area contributed by atoms with Crippen molar-refractivity contribution in [2.45, 2.75) is 19.6 Å². The van der Waals surface area contributed by atoms with Crippen molar-refractivity contribution in [1.29, 1.82) is 0 Å². The number of aromatic nitrogens is 1. The summed E-state index contributed by atoms with van der Waals surface area (Å²) in [4.78, 5) is 3.99. The van der Waals surface area contributed by atoms with Crippen molar-refractivity contribution in [3.05, 3.63) is 22.9 Å². The van der Waals surface area contributed by atoms with Gasteiger partial charge < -0.3 is 14.2 Å². The maximum absolute atomic E-state index is 5.44. The van der Waals surface area contributed by atoms with Crippen LogP contribution in [-0.4, -0.2) is 17.4 Å². The Labute approximate surface area is 86.1 Å². The van der Waals surface area contributed by atoms with E-state index in [0.29, 0.717) is 18.2 Å². The SMILES string of the molecule is CC1(C)OC=C(COc2cscn2)O1. The lowest BCUT2D eigenvalue weighted by Gasteiger charge is -2.17. The van der Waals surface area contributed by atoms with Gasteiger partial charge in [0, 0.05) is 13.8 Å². The highest BCUT2D eigenvalue weighted by molar-refractivity contribution is 7.07. The average Bonchev–Trinajstić information content (AvgIpc) is 2.70. The highest BCUT2D eigenvalue weighted by Crippen LogP contribution is 2.24. The fourth-order valence-corrected chi connectivity index (χ4v) is 1.52. The van der Waals surface area contributed by atoms with E-state index in [-0.39, 0.29) is 0 Å². The molecule has 0 saturated carbocycles. The summed E-state index contributed by atoms with van der Waals surface area (Å²) in [6.45, 7) is 4.05. The lowest BCUT2D eigenvalue weighted by Crippen LogP contribution is -2.21. The zero-order chi connectivity index (χ0) is 10.0. The Morgan fingerprint density at radius 3 is 3.00 bits per heavy atom. The van der Waals surface area contributed by atoms with Crippen molar-refractivity contribution in [2.24, 2.45) is 0 Å². The van der Waals surface area contributed by atoms with Gasteiger partial charge in [0.25, 0.3) is 0 Å². The zero-order valence-electron chi connectivity index (χ0n) is 8.02. The highest BCUT2D eigenvalue weighted by atomic mass is 32.1. The van der Waals surface area contributed by atoms with Gasteiger partial charge in [0.1, 0.15) is 6.26 Å². The molecule has 0 aromatic carbocycles. The van der Waals surface area contributed by atoms with Crippen molar-refractivity contribution in [3.8, 4) is 5.88 Å². The number of thiazole rings is 1. The predicted octanol–water partition coefficient (Wildman–Crippen LogP) is 2.15. The molecule has 1 aliphatic rings. The van der Waals surface area contributed by atoms with E-state index in [1.807, 2.05) is 19.2 Å². The summed E-state index contributed by atoms with van der Waals surface area (Å²) in [7, 11) is 0. The summed E-state index contributed by atoms with van der Waals surface area (Å²) in [6.07, 6.45) is 1.58. The van der Waals surface area contributed by atoms with Crippen molar-refractivity contribution in [1.82, 2.24) is 4.98 Å². The number of rotatable bonds is 3. The normalized spacial score (nSPS) is 18.3. The first-order valence-corrected chi connectivity index (χ1v) is 5.17. The molecule has 0 N–H and O–H groups in total. The van der Waals surface area contributed by atoms with Gasteiger partial charge in [-0.25, -0.2) is 4.98 Å². The molecule has 1 aromatic heterocycles. The minimum Gasteiger partial charge on any atom is -0.469 e. The van der Waals surface area contributed by atoms with E-state index in [4.69, 9.17) is 14.2 Å². The molecule has 0 aliphatic carbocycles. The van der Waals surface area contributed by atoms with Crippen LogP contribution in [0.2, 0.25) is 0 Å². The van der Waals surface area contributed by atoms with E-state index in [2.05, 4.69) is 4.98 Å². The van der Waals surface area contributed by atoms with E-state index >= 15 is 0 Å². The molecule has 0 bridgehead atoms. The average molecular weight is 213 g/mol. The van der Waals surface area contributed by atoms with Gasteiger partial charge in [-0.2, -0.15) is 0 Å². The molecule has 1 aliphatic heterocycles. The summed E-state index contributed by atoms with van der Waals surface area (Å²) < 4.78 is 16.0. The van der Waals surface area contributed by atoms with Gasteiger partial charge in [-0.3, -0.25) is 0 Å². The van der Waals surface area contributed by atoms with Crippen molar-refractivity contribution in [2.75, 3.05) is 6.61 Å². The monoisotopic (exact) mass is 213 g/mol. The van der Waals surface area contributed by atoms with E-state index in [1.165, 1.54) is 11.3 Å². The first kappa shape index (κ1) is 9.33. The van der Waals surface area contributed by atoms with Crippen LogP contribution in [0.25, 0.3) is 0 Å². The fraction of sp³-hybridized carbons (Fsp3) is 0.444. The smallest absolute Gasteiger partial charge is 0.244 e. The van der Waals surface area contributed by atoms with Crippen LogP contribution in [0.3, 0.4) is 0 Å². The van der Waals surface area contributed by atoms with Gasteiger partial charge in [0.15, 0.2) is 12.4 Å². The maximum Gasteiger partial charge on any atom is 0.244 e. The predicted molar refractivity (Wildman–Crippen MR) is 51.9 cm³/mol. The molecular weight excluding hydrogens is 202 g/mol. The van der Waals surface area contributed by atoms with Crippen LogP contribution in [0, 0.1) is 0 Å². The standard InChI is InChI=1S/C9H11NO3S/c1-9(2)12-4-7(13-9)3-11-8-5-14-6-10-8/h4-6H,3H2,1-2H3. The topological polar surface area (TPSA) is 40.6 Å². The Morgan fingerprint density at radius 1 is 1.57 bits per heavy atom. The van der Waals surface area contributed by atoms with Gasteiger partial charge >= 0.3 is 0 Å². The zero-order valence-corrected chi connectivity index (χ0v) is 8.84. The minimum absolute atomic E-state index is 0.354. The van der Waals surface area contributed by atoms with Gasteiger partial charge in [0.2, 0.25) is 11.7 Å². The van der Waals surface area contributed by atoms with E-state index in [9.17, 15) is 0 Å². The van der Waals surface area contributed by atoms with Crippen molar-refractivity contribution in [3.63, 3.8) is 0 Å². The fourth-order valence-electron chi connectivity index (χ4n) is 1.05. The molecular formula is C9H11NO3S. The summed E-state index contributed by atoms with van der Waals surface area (Å²) in [5.74, 6) is 0.730. The third kappa shape index (κ3) is 2.17. The molecule has 14 heavy (non-hydrogen) atoms. The van der Waals surface area contributed by atoms with Crippen LogP contribution in [0.15, 0.2) is 22.9 Å². The summed E-state index contributed by atoms with van der Waals surface area (Å²) in [5, 5.41) is 1.83. The second-order valence-corrected chi connectivity index (χ2v) is 4.04. The molecule has 76 valence electrons. The van der Waals surface area contributed by atoms with Crippen molar-refractivity contribution < 1.29 is 14.2 Å². The Morgan fingerprint density at radius 2 is 2.43 bits per heavy atom. The molecule has 0 radical (unpaired) electrons. The highest BCUT2D eigenvalue weighted by Gasteiger charge is 2.27. The molecule has 0 fully saturated rings.